The number of nitrogens with zero attached hydrogens (tertiary/aromatic N) is 1. The van der Waals surface area contributed by atoms with Crippen LogP contribution in [0.15, 0.2) is 42.5 Å². The lowest BCUT2D eigenvalue weighted by Crippen LogP contribution is -2.55. The van der Waals surface area contributed by atoms with Crippen molar-refractivity contribution in [3.05, 3.63) is 59.2 Å². The Balaban J connectivity index is 1.40. The molecular formula is C31H37NO8. The van der Waals surface area contributed by atoms with Crippen LogP contribution in [0.2, 0.25) is 0 Å². The molecule has 2 aliphatic heterocycles. The van der Waals surface area contributed by atoms with Crippen LogP contribution in [0.1, 0.15) is 61.3 Å². The molecule has 3 fully saturated rings. The molecule has 0 unspecified atom stereocenters. The Morgan fingerprint density at radius 1 is 1.05 bits per heavy atom. The summed E-state index contributed by atoms with van der Waals surface area (Å²) >= 11 is 0. The Bertz CT molecular complexity index is 1260. The number of carbonyl (C=O) groups is 3. The Labute approximate surface area is 233 Å². The number of hydrogen-bond acceptors (Lipinski definition) is 7. The van der Waals surface area contributed by atoms with Gasteiger partial charge in [0.05, 0.1) is 24.5 Å². The predicted octanol–water partition coefficient (Wildman–Crippen LogP) is 4.12. The number of likely N-dealkylation sites (tertiary alicyclic amines) is 1. The van der Waals surface area contributed by atoms with E-state index < -0.39 is 41.5 Å². The molecule has 2 saturated heterocycles. The number of rotatable bonds is 10. The van der Waals surface area contributed by atoms with Gasteiger partial charge in [0.2, 0.25) is 11.8 Å². The summed E-state index contributed by atoms with van der Waals surface area (Å²) < 4.78 is 12.4. The van der Waals surface area contributed by atoms with Gasteiger partial charge in [-0.1, -0.05) is 24.6 Å². The van der Waals surface area contributed by atoms with E-state index in [0.29, 0.717) is 42.6 Å². The number of imide groups is 1. The lowest BCUT2D eigenvalue weighted by atomic mass is 9.64. The Morgan fingerprint density at radius 2 is 1.75 bits per heavy atom. The highest BCUT2D eigenvalue weighted by Crippen LogP contribution is 2.58. The van der Waals surface area contributed by atoms with Gasteiger partial charge in [0.25, 0.3) is 0 Å². The predicted molar refractivity (Wildman–Crippen MR) is 144 cm³/mol. The number of benzene rings is 2. The largest absolute Gasteiger partial charge is 0.507 e. The van der Waals surface area contributed by atoms with Gasteiger partial charge in [0, 0.05) is 24.8 Å². The van der Waals surface area contributed by atoms with Gasteiger partial charge in [-0.3, -0.25) is 19.3 Å². The standard InChI is InChI=1S/C31H37NO8/c1-18-13-20(14-19(2)28(18)35)25-16-24-27-23(29(36)32(30(27)37)12-8-4-7-11-26(33)34)15-21(31(24,38)40-25)17-39-22-9-5-3-6-10-22/h3,5-6,9-10,13-14,21,23-25,27,35,38H,4,7-8,11-12,15-17H2,1-2H3,(H,33,34)/t21-,23+,24+,25+,27+,31-/m1/s1. The number of carbonyl (C=O) groups excluding carboxylic acids is 2. The van der Waals surface area contributed by atoms with E-state index in [9.17, 15) is 24.6 Å². The molecule has 9 heteroatoms. The first kappa shape index (κ1) is 28.1. The third-order valence-corrected chi connectivity index (χ3v) is 8.81. The third-order valence-electron chi connectivity index (χ3n) is 8.81. The summed E-state index contributed by atoms with van der Waals surface area (Å²) in [6, 6.07) is 12.9. The second-order valence-electron chi connectivity index (χ2n) is 11.4. The number of phenols is 1. The van der Waals surface area contributed by atoms with E-state index in [2.05, 4.69) is 0 Å². The van der Waals surface area contributed by atoms with Crippen LogP contribution < -0.4 is 4.74 Å². The molecule has 0 spiro atoms. The molecule has 2 heterocycles. The summed E-state index contributed by atoms with van der Waals surface area (Å²) in [5.74, 6) is -4.64. The summed E-state index contributed by atoms with van der Waals surface area (Å²) in [6.45, 7) is 3.98. The lowest BCUT2D eigenvalue weighted by Gasteiger charge is -2.44. The minimum atomic E-state index is -1.67. The molecule has 1 aliphatic carbocycles. The van der Waals surface area contributed by atoms with Crippen LogP contribution in [0.3, 0.4) is 0 Å². The molecule has 214 valence electrons. The van der Waals surface area contributed by atoms with Crippen molar-refractivity contribution < 1.29 is 39.2 Å². The van der Waals surface area contributed by atoms with Gasteiger partial charge in [-0.25, -0.2) is 0 Å². The zero-order valence-corrected chi connectivity index (χ0v) is 22.9. The first-order valence-corrected chi connectivity index (χ1v) is 14.0. The maximum Gasteiger partial charge on any atom is 0.303 e. The number of phenolic OH excluding ortho intramolecular Hbond substituents is 1. The fourth-order valence-electron chi connectivity index (χ4n) is 6.78. The number of unbranched alkanes of at least 4 members (excludes halogenated alkanes) is 2. The van der Waals surface area contributed by atoms with Crippen molar-refractivity contribution in [2.45, 2.75) is 64.3 Å². The van der Waals surface area contributed by atoms with Crippen molar-refractivity contribution in [3.63, 3.8) is 0 Å². The van der Waals surface area contributed by atoms with Crippen molar-refractivity contribution in [2.75, 3.05) is 13.2 Å². The van der Waals surface area contributed by atoms with E-state index >= 15 is 0 Å². The summed E-state index contributed by atoms with van der Waals surface area (Å²) in [6.07, 6.45) is 1.77. The quantitative estimate of drug-likeness (QED) is 0.297. The van der Waals surface area contributed by atoms with Crippen LogP contribution in [0, 0.1) is 37.5 Å². The molecule has 3 aliphatic rings. The molecule has 0 bridgehead atoms. The van der Waals surface area contributed by atoms with E-state index in [4.69, 9.17) is 14.6 Å². The topological polar surface area (TPSA) is 134 Å². The van der Waals surface area contributed by atoms with Gasteiger partial charge < -0.3 is 24.8 Å². The van der Waals surface area contributed by atoms with Crippen LogP contribution in [0.5, 0.6) is 11.5 Å². The molecule has 0 aromatic heterocycles. The zero-order chi connectivity index (χ0) is 28.6. The monoisotopic (exact) mass is 551 g/mol. The molecule has 2 aromatic carbocycles. The number of carboxylic acids is 1. The molecule has 6 atom stereocenters. The van der Waals surface area contributed by atoms with E-state index in [1.54, 1.807) is 0 Å². The molecule has 5 rings (SSSR count). The summed E-state index contributed by atoms with van der Waals surface area (Å²) in [5, 5.41) is 31.3. The van der Waals surface area contributed by atoms with Gasteiger partial charge in [-0.15, -0.1) is 0 Å². The number of aliphatic hydroxyl groups is 1. The minimum absolute atomic E-state index is 0.0558. The number of amides is 2. The van der Waals surface area contributed by atoms with Crippen molar-refractivity contribution in [1.82, 2.24) is 4.90 Å². The zero-order valence-electron chi connectivity index (χ0n) is 22.9. The molecular weight excluding hydrogens is 514 g/mol. The third kappa shape index (κ3) is 5.20. The van der Waals surface area contributed by atoms with Gasteiger partial charge in [0.1, 0.15) is 11.5 Å². The highest BCUT2D eigenvalue weighted by molar-refractivity contribution is 6.05. The fourth-order valence-corrected chi connectivity index (χ4v) is 6.78. The number of aliphatic carboxylic acids is 1. The maximum absolute atomic E-state index is 13.7. The van der Waals surface area contributed by atoms with Crippen LogP contribution in [0.4, 0.5) is 0 Å². The average Bonchev–Trinajstić information content (AvgIpc) is 3.40. The normalized spacial score (nSPS) is 29.4. The van der Waals surface area contributed by atoms with E-state index in [1.807, 2.05) is 56.3 Å². The number of hydrogen-bond donors (Lipinski definition) is 3. The Hall–Kier alpha value is -3.43. The number of ether oxygens (including phenoxy) is 2. The Morgan fingerprint density at radius 3 is 2.42 bits per heavy atom. The van der Waals surface area contributed by atoms with E-state index in [0.717, 1.165) is 5.56 Å². The van der Waals surface area contributed by atoms with Crippen LogP contribution in [-0.2, 0) is 19.1 Å². The van der Waals surface area contributed by atoms with E-state index in [1.165, 1.54) is 4.90 Å². The highest BCUT2D eigenvalue weighted by atomic mass is 16.6. The highest BCUT2D eigenvalue weighted by Gasteiger charge is 2.66. The Kier molecular flexibility index (Phi) is 7.88. The SMILES string of the molecule is Cc1cc([C@@H]2C[C@H]3[C@H]4C(=O)N(CCCCCC(=O)O)C(=O)[C@H]4C[C@H](COc4ccccc4)[C@@]3(O)O2)cc(C)c1O. The summed E-state index contributed by atoms with van der Waals surface area (Å²) in [5.41, 5.74) is 2.20. The molecule has 2 aromatic rings. The summed E-state index contributed by atoms with van der Waals surface area (Å²) in [4.78, 5) is 39.3. The van der Waals surface area contributed by atoms with Gasteiger partial charge in [0.15, 0.2) is 5.79 Å². The molecule has 0 radical (unpaired) electrons. The van der Waals surface area contributed by atoms with Crippen molar-refractivity contribution in [3.8, 4) is 11.5 Å². The number of aryl methyl sites for hydroxylation is 2. The molecule has 3 N–H and O–H groups in total. The minimum Gasteiger partial charge on any atom is -0.507 e. The average molecular weight is 552 g/mol. The molecule has 9 nitrogen and oxygen atoms in total. The van der Waals surface area contributed by atoms with Crippen LogP contribution in [-0.4, -0.2) is 56.9 Å². The number of para-hydroxylation sites is 1. The van der Waals surface area contributed by atoms with Gasteiger partial charge >= 0.3 is 5.97 Å². The van der Waals surface area contributed by atoms with Gasteiger partial charge in [-0.2, -0.15) is 0 Å². The van der Waals surface area contributed by atoms with Gasteiger partial charge in [-0.05, 0) is 80.5 Å². The van der Waals surface area contributed by atoms with E-state index in [-0.39, 0.29) is 43.6 Å². The van der Waals surface area contributed by atoms with Crippen molar-refractivity contribution in [2.24, 2.45) is 23.7 Å². The second-order valence-corrected chi connectivity index (χ2v) is 11.4. The van der Waals surface area contributed by atoms with Crippen LogP contribution in [0.25, 0.3) is 0 Å². The first-order chi connectivity index (χ1) is 19.1. The smallest absolute Gasteiger partial charge is 0.303 e. The molecule has 2 amide bonds. The number of carboxylic acid groups (broad SMARTS) is 1. The number of fused-ring (bicyclic) bond motifs is 3. The van der Waals surface area contributed by atoms with Crippen LogP contribution >= 0.6 is 0 Å². The summed E-state index contributed by atoms with van der Waals surface area (Å²) in [7, 11) is 0. The second kappa shape index (κ2) is 11.2. The maximum atomic E-state index is 13.7. The molecule has 40 heavy (non-hydrogen) atoms. The molecule has 1 saturated carbocycles. The lowest BCUT2D eigenvalue weighted by molar-refractivity contribution is -0.272. The first-order valence-electron chi connectivity index (χ1n) is 14.0. The van der Waals surface area contributed by atoms with Crippen molar-refractivity contribution in [1.29, 1.82) is 0 Å². The van der Waals surface area contributed by atoms with Crippen molar-refractivity contribution >= 4 is 17.8 Å². The fraction of sp³-hybridized carbons (Fsp3) is 0.516. The number of aromatic hydroxyl groups is 1.